The van der Waals surface area contributed by atoms with Crippen LogP contribution >= 0.6 is 22.9 Å². The number of benzene rings is 1. The first-order chi connectivity index (χ1) is 8.61. The molecule has 0 saturated carbocycles. The van der Waals surface area contributed by atoms with Gasteiger partial charge in [0, 0.05) is 10.6 Å². The number of thiazole rings is 1. The number of hydrogen-bond acceptors (Lipinski definition) is 4. The summed E-state index contributed by atoms with van der Waals surface area (Å²) in [6.07, 6.45) is 0. The fraction of sp³-hybridized carbons (Fsp3) is 0.231. The van der Waals surface area contributed by atoms with Gasteiger partial charge >= 0.3 is 5.97 Å². The van der Waals surface area contributed by atoms with E-state index in [1.165, 1.54) is 11.3 Å². The zero-order chi connectivity index (χ0) is 13.1. The van der Waals surface area contributed by atoms with E-state index in [1.54, 1.807) is 19.1 Å². The van der Waals surface area contributed by atoms with E-state index in [9.17, 15) is 4.79 Å². The Balaban J connectivity index is 2.47. The van der Waals surface area contributed by atoms with E-state index in [-0.39, 0.29) is 5.97 Å². The van der Waals surface area contributed by atoms with E-state index < -0.39 is 0 Å². The SMILES string of the molecule is CCOC(=O)c1sc(C)nc1-c1cccc(Cl)c1. The zero-order valence-electron chi connectivity index (χ0n) is 10.1. The summed E-state index contributed by atoms with van der Waals surface area (Å²) in [5, 5.41) is 1.45. The molecule has 0 saturated heterocycles. The standard InChI is InChI=1S/C13H12ClNO2S/c1-3-17-13(16)12-11(15-8(2)18-12)9-5-4-6-10(14)7-9/h4-7H,3H2,1-2H3. The van der Waals surface area contributed by atoms with E-state index in [0.29, 0.717) is 22.2 Å². The van der Waals surface area contributed by atoms with Gasteiger partial charge in [0.1, 0.15) is 4.88 Å². The normalized spacial score (nSPS) is 10.4. The summed E-state index contributed by atoms with van der Waals surface area (Å²) in [7, 11) is 0. The first-order valence-corrected chi connectivity index (χ1v) is 6.71. The number of esters is 1. The summed E-state index contributed by atoms with van der Waals surface area (Å²) >= 11 is 7.29. The van der Waals surface area contributed by atoms with Crippen molar-refractivity contribution in [2.45, 2.75) is 13.8 Å². The Morgan fingerprint density at radius 1 is 1.50 bits per heavy atom. The number of carbonyl (C=O) groups is 1. The number of rotatable bonds is 3. The van der Waals surface area contributed by atoms with Crippen molar-refractivity contribution in [3.8, 4) is 11.3 Å². The Bertz CT molecular complexity index is 580. The fourth-order valence-electron chi connectivity index (χ4n) is 1.59. The van der Waals surface area contributed by atoms with Crippen LogP contribution in [-0.4, -0.2) is 17.6 Å². The summed E-state index contributed by atoms with van der Waals surface area (Å²) in [6, 6.07) is 7.29. The van der Waals surface area contributed by atoms with Gasteiger partial charge in [0.25, 0.3) is 0 Å². The Hall–Kier alpha value is -1.39. The summed E-state index contributed by atoms with van der Waals surface area (Å²) in [6.45, 7) is 4.00. The topological polar surface area (TPSA) is 39.2 Å². The maximum atomic E-state index is 11.9. The largest absolute Gasteiger partial charge is 0.462 e. The van der Waals surface area contributed by atoms with Crippen LogP contribution in [0.5, 0.6) is 0 Å². The number of aryl methyl sites for hydroxylation is 1. The summed E-state index contributed by atoms with van der Waals surface area (Å²) in [4.78, 5) is 16.8. The molecule has 0 spiro atoms. The summed E-state index contributed by atoms with van der Waals surface area (Å²) in [5.74, 6) is -0.335. The molecule has 0 atom stereocenters. The van der Waals surface area contributed by atoms with Crippen molar-refractivity contribution >= 4 is 28.9 Å². The van der Waals surface area contributed by atoms with Gasteiger partial charge in [-0.15, -0.1) is 11.3 Å². The van der Waals surface area contributed by atoms with Crippen molar-refractivity contribution in [1.29, 1.82) is 0 Å². The summed E-state index contributed by atoms with van der Waals surface area (Å²) < 4.78 is 5.03. The molecule has 0 bridgehead atoms. The van der Waals surface area contributed by atoms with Crippen molar-refractivity contribution in [2.24, 2.45) is 0 Å². The second kappa shape index (κ2) is 5.50. The van der Waals surface area contributed by atoms with Gasteiger partial charge in [-0.3, -0.25) is 0 Å². The third kappa shape index (κ3) is 2.71. The molecule has 0 unspecified atom stereocenters. The van der Waals surface area contributed by atoms with E-state index in [2.05, 4.69) is 4.98 Å². The van der Waals surface area contributed by atoms with Gasteiger partial charge in [0.2, 0.25) is 0 Å². The van der Waals surface area contributed by atoms with Crippen LogP contribution in [0.1, 0.15) is 21.6 Å². The van der Waals surface area contributed by atoms with Crippen LogP contribution in [-0.2, 0) is 4.74 Å². The number of halogens is 1. The van der Waals surface area contributed by atoms with Crippen LogP contribution in [0.4, 0.5) is 0 Å². The molecular weight excluding hydrogens is 270 g/mol. The minimum absolute atomic E-state index is 0.335. The maximum absolute atomic E-state index is 11.9. The molecule has 94 valence electrons. The minimum atomic E-state index is -0.335. The average molecular weight is 282 g/mol. The Morgan fingerprint density at radius 2 is 2.28 bits per heavy atom. The highest BCUT2D eigenvalue weighted by atomic mass is 35.5. The first-order valence-electron chi connectivity index (χ1n) is 5.52. The smallest absolute Gasteiger partial charge is 0.350 e. The predicted octanol–water partition coefficient (Wildman–Crippen LogP) is 3.95. The zero-order valence-corrected chi connectivity index (χ0v) is 11.6. The highest BCUT2D eigenvalue weighted by Crippen LogP contribution is 2.30. The maximum Gasteiger partial charge on any atom is 0.350 e. The third-order valence-corrected chi connectivity index (χ3v) is 3.48. The van der Waals surface area contributed by atoms with E-state index in [4.69, 9.17) is 16.3 Å². The van der Waals surface area contributed by atoms with Crippen LogP contribution in [0.3, 0.4) is 0 Å². The molecule has 2 aromatic rings. The molecule has 1 aromatic carbocycles. The summed E-state index contributed by atoms with van der Waals surface area (Å²) in [5.41, 5.74) is 1.47. The molecule has 3 nitrogen and oxygen atoms in total. The molecule has 1 aromatic heterocycles. The third-order valence-electron chi connectivity index (χ3n) is 2.29. The second-order valence-electron chi connectivity index (χ2n) is 3.64. The Kier molecular flexibility index (Phi) is 3.99. The minimum Gasteiger partial charge on any atom is -0.462 e. The molecule has 5 heteroatoms. The Labute approximate surface area is 114 Å². The van der Waals surface area contributed by atoms with Gasteiger partial charge in [-0.1, -0.05) is 23.7 Å². The van der Waals surface area contributed by atoms with Gasteiger partial charge in [-0.05, 0) is 26.0 Å². The lowest BCUT2D eigenvalue weighted by molar-refractivity contribution is 0.0532. The lowest BCUT2D eigenvalue weighted by Gasteiger charge is -2.02. The lowest BCUT2D eigenvalue weighted by atomic mass is 10.1. The van der Waals surface area contributed by atoms with E-state index >= 15 is 0 Å². The van der Waals surface area contributed by atoms with Crippen molar-refractivity contribution in [1.82, 2.24) is 4.98 Å². The van der Waals surface area contributed by atoms with Crippen LogP contribution in [0.15, 0.2) is 24.3 Å². The number of nitrogens with zero attached hydrogens (tertiary/aromatic N) is 1. The molecular formula is C13H12ClNO2S. The molecule has 0 aliphatic carbocycles. The lowest BCUT2D eigenvalue weighted by Crippen LogP contribution is -2.03. The first kappa shape index (κ1) is 13.1. The molecule has 0 aliphatic rings. The molecule has 0 N–H and O–H groups in total. The van der Waals surface area contributed by atoms with Crippen molar-refractivity contribution in [2.75, 3.05) is 6.61 Å². The van der Waals surface area contributed by atoms with Crippen molar-refractivity contribution < 1.29 is 9.53 Å². The van der Waals surface area contributed by atoms with Crippen LogP contribution in [0, 0.1) is 6.92 Å². The molecule has 0 aliphatic heterocycles. The molecule has 2 rings (SSSR count). The van der Waals surface area contributed by atoms with Crippen LogP contribution in [0.2, 0.25) is 5.02 Å². The molecule has 0 amide bonds. The van der Waals surface area contributed by atoms with Crippen molar-refractivity contribution in [3.63, 3.8) is 0 Å². The molecule has 0 fully saturated rings. The monoisotopic (exact) mass is 281 g/mol. The van der Waals surface area contributed by atoms with Gasteiger partial charge in [-0.2, -0.15) is 0 Å². The molecule has 18 heavy (non-hydrogen) atoms. The molecule has 0 radical (unpaired) electrons. The number of ether oxygens (including phenoxy) is 1. The van der Waals surface area contributed by atoms with Gasteiger partial charge in [0.15, 0.2) is 0 Å². The van der Waals surface area contributed by atoms with E-state index in [0.717, 1.165) is 10.6 Å². The quantitative estimate of drug-likeness (QED) is 0.800. The molecule has 1 heterocycles. The number of carbonyl (C=O) groups excluding carboxylic acids is 1. The van der Waals surface area contributed by atoms with Gasteiger partial charge in [-0.25, -0.2) is 9.78 Å². The predicted molar refractivity (Wildman–Crippen MR) is 73.3 cm³/mol. The highest BCUT2D eigenvalue weighted by molar-refractivity contribution is 7.14. The van der Waals surface area contributed by atoms with Gasteiger partial charge in [0.05, 0.1) is 17.3 Å². The van der Waals surface area contributed by atoms with Gasteiger partial charge < -0.3 is 4.74 Å². The number of hydrogen-bond donors (Lipinski definition) is 0. The van der Waals surface area contributed by atoms with Crippen LogP contribution < -0.4 is 0 Å². The fourth-order valence-corrected chi connectivity index (χ4v) is 2.62. The average Bonchev–Trinajstić information content (AvgIpc) is 2.72. The van der Waals surface area contributed by atoms with E-state index in [1.807, 2.05) is 19.1 Å². The second-order valence-corrected chi connectivity index (χ2v) is 5.28. The number of aromatic nitrogens is 1. The Morgan fingerprint density at radius 3 is 2.94 bits per heavy atom. The van der Waals surface area contributed by atoms with Crippen LogP contribution in [0.25, 0.3) is 11.3 Å². The highest BCUT2D eigenvalue weighted by Gasteiger charge is 2.19. The van der Waals surface area contributed by atoms with Crippen molar-refractivity contribution in [3.05, 3.63) is 39.2 Å².